The van der Waals surface area contributed by atoms with Crippen molar-refractivity contribution >= 4 is 5.78 Å². The molecule has 92 valence electrons. The molecule has 1 fully saturated rings. The number of rotatable bonds is 2. The second-order valence-electron chi connectivity index (χ2n) is 5.80. The van der Waals surface area contributed by atoms with Gasteiger partial charge in [0.1, 0.15) is 17.6 Å². The van der Waals surface area contributed by atoms with Crippen molar-refractivity contribution < 1.29 is 9.53 Å². The summed E-state index contributed by atoms with van der Waals surface area (Å²) < 4.78 is 5.86. The van der Waals surface area contributed by atoms with Crippen molar-refractivity contribution in [1.29, 1.82) is 0 Å². The van der Waals surface area contributed by atoms with Crippen LogP contribution in [0.4, 0.5) is 0 Å². The molecular weight excluding hydrogens is 212 g/mol. The van der Waals surface area contributed by atoms with Crippen LogP contribution in [0.5, 0.6) is 5.75 Å². The molecule has 0 amide bonds. The molecule has 0 saturated heterocycles. The van der Waals surface area contributed by atoms with Gasteiger partial charge in [-0.1, -0.05) is 32.9 Å². The number of carbonyl (C=O) groups is 1. The number of ether oxygens (including phenoxy) is 1. The van der Waals surface area contributed by atoms with Gasteiger partial charge in [-0.3, -0.25) is 4.79 Å². The number of benzene rings is 1. The van der Waals surface area contributed by atoms with Crippen molar-refractivity contribution in [3.63, 3.8) is 0 Å². The molecule has 2 rings (SSSR count). The maximum Gasteiger partial charge on any atom is 0.136 e. The smallest absolute Gasteiger partial charge is 0.136 e. The van der Waals surface area contributed by atoms with Crippen LogP contribution in [0.15, 0.2) is 24.3 Å². The highest BCUT2D eigenvalue weighted by molar-refractivity contribution is 5.81. The molecule has 0 heterocycles. The first-order valence-corrected chi connectivity index (χ1v) is 6.24. The highest BCUT2D eigenvalue weighted by Gasteiger charge is 2.24. The minimum absolute atomic E-state index is 0.0812. The third-order valence-corrected chi connectivity index (χ3v) is 3.20. The Hall–Kier alpha value is -1.31. The van der Waals surface area contributed by atoms with Crippen molar-refractivity contribution in [2.75, 3.05) is 0 Å². The fourth-order valence-corrected chi connectivity index (χ4v) is 2.11. The fourth-order valence-electron chi connectivity index (χ4n) is 2.11. The van der Waals surface area contributed by atoms with Crippen LogP contribution in [0.1, 0.15) is 45.6 Å². The molecule has 17 heavy (non-hydrogen) atoms. The van der Waals surface area contributed by atoms with Gasteiger partial charge in [-0.15, -0.1) is 0 Å². The zero-order valence-corrected chi connectivity index (χ0v) is 10.8. The summed E-state index contributed by atoms with van der Waals surface area (Å²) in [5, 5.41) is 0. The maximum absolute atomic E-state index is 11.2. The van der Waals surface area contributed by atoms with Crippen molar-refractivity contribution in [1.82, 2.24) is 0 Å². The Labute approximate surface area is 103 Å². The first-order chi connectivity index (χ1) is 7.95. The number of hydrogen-bond donors (Lipinski definition) is 0. The Kier molecular flexibility index (Phi) is 3.23. The quantitative estimate of drug-likeness (QED) is 0.780. The number of carbonyl (C=O) groups excluding carboxylic acids is 1. The second kappa shape index (κ2) is 4.52. The van der Waals surface area contributed by atoms with E-state index in [9.17, 15) is 4.79 Å². The van der Waals surface area contributed by atoms with Gasteiger partial charge in [0.15, 0.2) is 0 Å². The Morgan fingerprint density at radius 2 is 2.06 bits per heavy atom. The predicted molar refractivity (Wildman–Crippen MR) is 68.4 cm³/mol. The van der Waals surface area contributed by atoms with Crippen molar-refractivity contribution in [2.24, 2.45) is 0 Å². The lowest BCUT2D eigenvalue weighted by Gasteiger charge is -2.20. The molecule has 1 aromatic rings. The van der Waals surface area contributed by atoms with E-state index in [2.05, 4.69) is 32.9 Å². The summed E-state index contributed by atoms with van der Waals surface area (Å²) in [6.45, 7) is 6.56. The number of ketones is 1. The van der Waals surface area contributed by atoms with E-state index in [0.29, 0.717) is 18.6 Å². The van der Waals surface area contributed by atoms with E-state index in [1.165, 1.54) is 5.56 Å². The lowest BCUT2D eigenvalue weighted by Crippen LogP contribution is -2.14. The molecule has 0 aliphatic heterocycles. The average molecular weight is 232 g/mol. The Balaban J connectivity index is 2.09. The van der Waals surface area contributed by atoms with Crippen molar-refractivity contribution in [3.05, 3.63) is 29.8 Å². The van der Waals surface area contributed by atoms with Crippen LogP contribution < -0.4 is 4.74 Å². The van der Waals surface area contributed by atoms with E-state index in [1.807, 2.05) is 12.1 Å². The molecule has 1 unspecified atom stereocenters. The van der Waals surface area contributed by atoms with Gasteiger partial charge >= 0.3 is 0 Å². The molecule has 0 aromatic heterocycles. The highest BCUT2D eigenvalue weighted by atomic mass is 16.5. The van der Waals surface area contributed by atoms with Crippen LogP contribution >= 0.6 is 0 Å². The van der Waals surface area contributed by atoms with Gasteiger partial charge in [0.25, 0.3) is 0 Å². The zero-order chi connectivity index (χ0) is 12.5. The first kappa shape index (κ1) is 12.2. The molecule has 0 spiro atoms. The van der Waals surface area contributed by atoms with E-state index in [0.717, 1.165) is 12.2 Å². The van der Waals surface area contributed by atoms with E-state index in [-0.39, 0.29) is 11.5 Å². The summed E-state index contributed by atoms with van der Waals surface area (Å²) >= 11 is 0. The lowest BCUT2D eigenvalue weighted by atomic mass is 9.87. The number of Topliss-reactive ketones (excluding diaryl/α,β-unsaturated/α-hetero) is 1. The molecule has 2 heteroatoms. The van der Waals surface area contributed by atoms with Crippen LogP contribution in [0.25, 0.3) is 0 Å². The molecule has 2 nitrogen and oxygen atoms in total. The van der Waals surface area contributed by atoms with Gasteiger partial charge < -0.3 is 4.74 Å². The summed E-state index contributed by atoms with van der Waals surface area (Å²) in [5.41, 5.74) is 1.39. The minimum Gasteiger partial charge on any atom is -0.490 e. The second-order valence-corrected chi connectivity index (χ2v) is 5.80. The van der Waals surface area contributed by atoms with Crippen LogP contribution in [0.3, 0.4) is 0 Å². The van der Waals surface area contributed by atoms with Gasteiger partial charge in [0, 0.05) is 12.8 Å². The van der Waals surface area contributed by atoms with Gasteiger partial charge in [0.05, 0.1) is 0 Å². The normalized spacial score (nSPS) is 20.6. The summed E-state index contributed by atoms with van der Waals surface area (Å²) in [4.78, 5) is 11.2. The van der Waals surface area contributed by atoms with Gasteiger partial charge in [-0.05, 0) is 29.5 Å². The monoisotopic (exact) mass is 232 g/mol. The standard InChI is InChI=1S/C15H20O2/c1-15(2,3)11-5-4-6-13(9-11)17-14-8-7-12(16)10-14/h4-6,9,14H,7-8,10H2,1-3H3. The molecule has 1 saturated carbocycles. The first-order valence-electron chi connectivity index (χ1n) is 6.24. The Bertz CT molecular complexity index is 415. The van der Waals surface area contributed by atoms with Gasteiger partial charge in [0.2, 0.25) is 0 Å². The van der Waals surface area contributed by atoms with E-state index >= 15 is 0 Å². The summed E-state index contributed by atoms with van der Waals surface area (Å²) in [7, 11) is 0. The Morgan fingerprint density at radius 1 is 1.29 bits per heavy atom. The van der Waals surface area contributed by atoms with Crippen LogP contribution in [-0.2, 0) is 10.2 Å². The highest BCUT2D eigenvalue weighted by Crippen LogP contribution is 2.28. The Morgan fingerprint density at radius 3 is 2.65 bits per heavy atom. The summed E-state index contributed by atoms with van der Waals surface area (Å²) in [6.07, 6.45) is 2.18. The predicted octanol–water partition coefficient (Wildman–Crippen LogP) is 3.48. The number of hydrogen-bond acceptors (Lipinski definition) is 2. The van der Waals surface area contributed by atoms with Gasteiger partial charge in [-0.25, -0.2) is 0 Å². The van der Waals surface area contributed by atoms with E-state index in [1.54, 1.807) is 0 Å². The van der Waals surface area contributed by atoms with Crippen LogP contribution in [0, 0.1) is 0 Å². The average Bonchev–Trinajstić information content (AvgIpc) is 2.63. The largest absolute Gasteiger partial charge is 0.490 e. The summed E-state index contributed by atoms with van der Waals surface area (Å²) in [5.74, 6) is 1.21. The van der Waals surface area contributed by atoms with Crippen LogP contribution in [-0.4, -0.2) is 11.9 Å². The molecule has 1 aliphatic rings. The van der Waals surface area contributed by atoms with Crippen molar-refractivity contribution in [3.8, 4) is 5.75 Å². The van der Waals surface area contributed by atoms with E-state index in [4.69, 9.17) is 4.74 Å². The topological polar surface area (TPSA) is 26.3 Å². The molecule has 0 bridgehead atoms. The minimum atomic E-state index is 0.0812. The van der Waals surface area contributed by atoms with E-state index < -0.39 is 0 Å². The molecular formula is C15H20O2. The van der Waals surface area contributed by atoms with Gasteiger partial charge in [-0.2, -0.15) is 0 Å². The maximum atomic E-state index is 11.2. The SMILES string of the molecule is CC(C)(C)c1cccc(OC2CCC(=O)C2)c1. The molecule has 0 radical (unpaired) electrons. The van der Waals surface area contributed by atoms with Crippen molar-refractivity contribution in [2.45, 2.75) is 51.6 Å². The molecule has 1 atom stereocenters. The lowest BCUT2D eigenvalue weighted by molar-refractivity contribution is -0.117. The van der Waals surface area contributed by atoms with Crippen LogP contribution in [0.2, 0.25) is 0 Å². The fraction of sp³-hybridized carbons (Fsp3) is 0.533. The third kappa shape index (κ3) is 3.09. The molecule has 0 N–H and O–H groups in total. The summed E-state index contributed by atoms with van der Waals surface area (Å²) in [6, 6.07) is 8.19. The zero-order valence-electron chi connectivity index (χ0n) is 10.8. The molecule has 1 aliphatic carbocycles. The molecule has 1 aromatic carbocycles. The third-order valence-electron chi connectivity index (χ3n) is 3.20.